The molecule has 21 heavy (non-hydrogen) atoms. The summed E-state index contributed by atoms with van der Waals surface area (Å²) < 4.78 is 0. The lowest BCUT2D eigenvalue weighted by molar-refractivity contribution is 0.508. The van der Waals surface area contributed by atoms with Crippen molar-refractivity contribution in [2.24, 2.45) is 0 Å². The van der Waals surface area contributed by atoms with Crippen LogP contribution in [0.25, 0.3) is 0 Å². The van der Waals surface area contributed by atoms with E-state index in [1.165, 1.54) is 0 Å². The highest BCUT2D eigenvalue weighted by Crippen LogP contribution is 2.26. The SMILES string of the molecule is Cc1ccccc1NC(=S)N(C)Cc1cccc(Cl)c1Cl. The number of anilines is 1. The van der Waals surface area contributed by atoms with Crippen LogP contribution in [-0.2, 0) is 6.54 Å². The molecule has 0 aromatic heterocycles. The van der Waals surface area contributed by atoms with Crippen molar-refractivity contribution in [3.8, 4) is 0 Å². The number of hydrogen-bond donors (Lipinski definition) is 1. The van der Waals surface area contributed by atoms with Gasteiger partial charge in [0.2, 0.25) is 0 Å². The molecule has 0 amide bonds. The van der Waals surface area contributed by atoms with Crippen LogP contribution in [0.3, 0.4) is 0 Å². The fourth-order valence-electron chi connectivity index (χ4n) is 1.92. The van der Waals surface area contributed by atoms with Gasteiger partial charge < -0.3 is 10.2 Å². The number of halogens is 2. The number of thiocarbonyl (C=S) groups is 1. The highest BCUT2D eigenvalue weighted by Gasteiger charge is 2.10. The lowest BCUT2D eigenvalue weighted by Crippen LogP contribution is -2.30. The maximum atomic E-state index is 6.21. The normalized spacial score (nSPS) is 10.3. The minimum absolute atomic E-state index is 0.556. The van der Waals surface area contributed by atoms with E-state index in [0.29, 0.717) is 21.7 Å². The summed E-state index contributed by atoms with van der Waals surface area (Å²) in [6.45, 7) is 2.63. The maximum Gasteiger partial charge on any atom is 0.173 e. The van der Waals surface area contributed by atoms with Crippen LogP contribution in [0.2, 0.25) is 10.0 Å². The van der Waals surface area contributed by atoms with Crippen molar-refractivity contribution in [2.45, 2.75) is 13.5 Å². The average Bonchev–Trinajstić information content (AvgIpc) is 2.46. The van der Waals surface area contributed by atoms with Gasteiger partial charge in [0.15, 0.2) is 5.11 Å². The standard InChI is InChI=1S/C16H16Cl2N2S/c1-11-6-3-4-9-14(11)19-16(21)20(2)10-12-7-5-8-13(17)15(12)18/h3-9H,10H2,1-2H3,(H,19,21). The van der Waals surface area contributed by atoms with E-state index in [9.17, 15) is 0 Å². The van der Waals surface area contributed by atoms with Gasteiger partial charge in [0.05, 0.1) is 10.0 Å². The van der Waals surface area contributed by atoms with Crippen molar-refractivity contribution in [2.75, 3.05) is 12.4 Å². The fraction of sp³-hybridized carbons (Fsp3) is 0.188. The third kappa shape index (κ3) is 4.10. The monoisotopic (exact) mass is 338 g/mol. The molecule has 0 saturated heterocycles. The first-order valence-corrected chi connectivity index (χ1v) is 7.66. The molecule has 5 heteroatoms. The molecule has 110 valence electrons. The van der Waals surface area contributed by atoms with Gasteiger partial charge in [0, 0.05) is 19.3 Å². The Labute approximate surface area is 140 Å². The van der Waals surface area contributed by atoms with Crippen LogP contribution in [0.1, 0.15) is 11.1 Å². The number of aryl methyl sites for hydroxylation is 1. The molecular formula is C16H16Cl2N2S. The first-order chi connectivity index (χ1) is 9.99. The summed E-state index contributed by atoms with van der Waals surface area (Å²) in [5, 5.41) is 5.01. The van der Waals surface area contributed by atoms with Gasteiger partial charge in [-0.05, 0) is 42.4 Å². The van der Waals surface area contributed by atoms with Crippen LogP contribution in [0, 0.1) is 6.92 Å². The van der Waals surface area contributed by atoms with Crippen molar-refractivity contribution in [3.05, 3.63) is 63.6 Å². The zero-order valence-corrected chi connectivity index (χ0v) is 14.2. The van der Waals surface area contributed by atoms with Gasteiger partial charge >= 0.3 is 0 Å². The summed E-state index contributed by atoms with van der Waals surface area (Å²) in [6.07, 6.45) is 0. The Kier molecular flexibility index (Phi) is 5.45. The second-order valence-corrected chi connectivity index (χ2v) is 5.99. The van der Waals surface area contributed by atoms with Gasteiger partial charge in [-0.3, -0.25) is 0 Å². The van der Waals surface area contributed by atoms with E-state index in [4.69, 9.17) is 35.4 Å². The topological polar surface area (TPSA) is 15.3 Å². The Morgan fingerprint density at radius 3 is 2.57 bits per heavy atom. The van der Waals surface area contributed by atoms with Crippen LogP contribution in [0.5, 0.6) is 0 Å². The first kappa shape index (κ1) is 16.1. The van der Waals surface area contributed by atoms with Gasteiger partial charge in [-0.15, -0.1) is 0 Å². The molecule has 0 saturated carbocycles. The van der Waals surface area contributed by atoms with E-state index in [2.05, 4.69) is 5.32 Å². The molecule has 2 nitrogen and oxygen atoms in total. The van der Waals surface area contributed by atoms with E-state index >= 15 is 0 Å². The largest absolute Gasteiger partial charge is 0.348 e. The number of nitrogens with zero attached hydrogens (tertiary/aromatic N) is 1. The smallest absolute Gasteiger partial charge is 0.173 e. The predicted molar refractivity (Wildman–Crippen MR) is 95.3 cm³/mol. The van der Waals surface area contributed by atoms with E-state index in [1.54, 1.807) is 6.07 Å². The fourth-order valence-corrected chi connectivity index (χ4v) is 2.48. The average molecular weight is 339 g/mol. The molecule has 0 radical (unpaired) electrons. The van der Waals surface area contributed by atoms with Gasteiger partial charge in [-0.25, -0.2) is 0 Å². The second-order valence-electron chi connectivity index (χ2n) is 4.81. The van der Waals surface area contributed by atoms with Crippen LogP contribution in [0.4, 0.5) is 5.69 Å². The van der Waals surface area contributed by atoms with E-state index in [1.807, 2.05) is 55.3 Å². The van der Waals surface area contributed by atoms with Crippen LogP contribution >= 0.6 is 35.4 Å². The molecule has 0 aliphatic carbocycles. The zero-order valence-electron chi connectivity index (χ0n) is 11.9. The molecule has 2 rings (SSSR count). The third-order valence-corrected chi connectivity index (χ3v) is 4.44. The molecule has 0 heterocycles. The Bertz CT molecular complexity index is 658. The van der Waals surface area contributed by atoms with Crippen LogP contribution in [-0.4, -0.2) is 17.1 Å². The highest BCUT2D eigenvalue weighted by atomic mass is 35.5. The predicted octanol–water partition coefficient (Wildman–Crippen LogP) is 5.13. The summed E-state index contributed by atoms with van der Waals surface area (Å²) in [7, 11) is 1.92. The second kappa shape index (κ2) is 7.12. The molecule has 0 aliphatic heterocycles. The molecule has 1 N–H and O–H groups in total. The lowest BCUT2D eigenvalue weighted by atomic mass is 10.2. The van der Waals surface area contributed by atoms with Gasteiger partial charge in [-0.2, -0.15) is 0 Å². The summed E-state index contributed by atoms with van der Waals surface area (Å²) in [4.78, 5) is 1.93. The van der Waals surface area contributed by atoms with Gasteiger partial charge in [0.1, 0.15) is 0 Å². The number of rotatable bonds is 3. The summed E-state index contributed by atoms with van der Waals surface area (Å²) >= 11 is 17.7. The number of hydrogen-bond acceptors (Lipinski definition) is 1. The molecule has 2 aromatic carbocycles. The molecule has 2 aromatic rings. The van der Waals surface area contributed by atoms with Crippen LogP contribution < -0.4 is 5.32 Å². The number of nitrogens with one attached hydrogen (secondary N) is 1. The Morgan fingerprint density at radius 2 is 1.86 bits per heavy atom. The lowest BCUT2D eigenvalue weighted by Gasteiger charge is -2.22. The molecule has 0 spiro atoms. The molecular weight excluding hydrogens is 323 g/mol. The van der Waals surface area contributed by atoms with Crippen molar-refractivity contribution in [1.82, 2.24) is 4.90 Å². The van der Waals surface area contributed by atoms with E-state index in [0.717, 1.165) is 16.8 Å². The Hall–Kier alpha value is -1.29. The minimum atomic E-state index is 0.556. The molecule has 0 fully saturated rings. The molecule has 0 aliphatic rings. The number of para-hydroxylation sites is 1. The van der Waals surface area contributed by atoms with E-state index in [-0.39, 0.29) is 0 Å². The van der Waals surface area contributed by atoms with Crippen molar-refractivity contribution >= 4 is 46.2 Å². The first-order valence-electron chi connectivity index (χ1n) is 6.49. The Morgan fingerprint density at radius 1 is 1.14 bits per heavy atom. The van der Waals surface area contributed by atoms with Crippen molar-refractivity contribution in [3.63, 3.8) is 0 Å². The molecule has 0 bridgehead atoms. The Balaban J connectivity index is 2.06. The summed E-state index contributed by atoms with van der Waals surface area (Å²) in [5.74, 6) is 0. The molecule has 0 atom stereocenters. The van der Waals surface area contributed by atoms with Crippen molar-refractivity contribution in [1.29, 1.82) is 0 Å². The third-order valence-electron chi connectivity index (χ3n) is 3.17. The molecule has 0 unspecified atom stereocenters. The highest BCUT2D eigenvalue weighted by molar-refractivity contribution is 7.80. The quantitative estimate of drug-likeness (QED) is 0.781. The summed E-state index contributed by atoms with van der Waals surface area (Å²) in [6, 6.07) is 13.6. The summed E-state index contributed by atoms with van der Waals surface area (Å²) in [5.41, 5.74) is 3.10. The maximum absolute atomic E-state index is 6.21. The van der Waals surface area contributed by atoms with E-state index < -0.39 is 0 Å². The van der Waals surface area contributed by atoms with Gasteiger partial charge in [0.25, 0.3) is 0 Å². The van der Waals surface area contributed by atoms with Crippen LogP contribution in [0.15, 0.2) is 42.5 Å². The van der Waals surface area contributed by atoms with Crippen molar-refractivity contribution < 1.29 is 0 Å². The number of benzene rings is 2. The van der Waals surface area contributed by atoms with Gasteiger partial charge in [-0.1, -0.05) is 53.5 Å². The minimum Gasteiger partial charge on any atom is -0.348 e. The zero-order chi connectivity index (χ0) is 15.4.